The molecule has 5 heteroatoms. The predicted octanol–water partition coefficient (Wildman–Crippen LogP) is 2.84. The summed E-state index contributed by atoms with van der Waals surface area (Å²) in [5.41, 5.74) is 0. The first kappa shape index (κ1) is 14.3. The van der Waals surface area contributed by atoms with Gasteiger partial charge in [-0.25, -0.2) is 9.98 Å². The highest BCUT2D eigenvalue weighted by Gasteiger charge is 2.14. The number of thiazole rings is 1. The Kier molecular flexibility index (Phi) is 5.63. The highest BCUT2D eigenvalue weighted by atomic mass is 32.1. The average Bonchev–Trinajstić information content (AvgIpc) is 2.83. The Hall–Kier alpha value is -1.10. The molecule has 0 bridgehead atoms. The third kappa shape index (κ3) is 4.82. The van der Waals surface area contributed by atoms with Crippen LogP contribution in [0, 0.1) is 6.92 Å². The van der Waals surface area contributed by atoms with Gasteiger partial charge in [-0.1, -0.05) is 19.3 Å². The van der Waals surface area contributed by atoms with Gasteiger partial charge in [0.2, 0.25) is 0 Å². The molecule has 0 atom stereocenters. The van der Waals surface area contributed by atoms with E-state index < -0.39 is 0 Å². The highest BCUT2D eigenvalue weighted by molar-refractivity contribution is 7.11. The van der Waals surface area contributed by atoms with Crippen LogP contribution in [0.25, 0.3) is 0 Å². The van der Waals surface area contributed by atoms with E-state index in [0.717, 1.165) is 17.5 Å². The van der Waals surface area contributed by atoms with Crippen molar-refractivity contribution < 1.29 is 0 Å². The van der Waals surface area contributed by atoms with Crippen LogP contribution in [0.3, 0.4) is 0 Å². The van der Waals surface area contributed by atoms with E-state index in [1.54, 1.807) is 11.3 Å². The quantitative estimate of drug-likeness (QED) is 0.658. The van der Waals surface area contributed by atoms with Gasteiger partial charge in [-0.2, -0.15) is 0 Å². The van der Waals surface area contributed by atoms with Crippen LogP contribution in [0.15, 0.2) is 11.2 Å². The molecular formula is C14H24N4S. The molecule has 0 saturated heterocycles. The van der Waals surface area contributed by atoms with E-state index in [0.29, 0.717) is 12.6 Å². The van der Waals surface area contributed by atoms with Gasteiger partial charge in [-0.05, 0) is 26.7 Å². The summed E-state index contributed by atoms with van der Waals surface area (Å²) in [6, 6.07) is 0.592. The molecule has 0 aromatic carbocycles. The van der Waals surface area contributed by atoms with Crippen molar-refractivity contribution in [2.45, 2.75) is 58.5 Å². The van der Waals surface area contributed by atoms with E-state index in [2.05, 4.69) is 27.5 Å². The van der Waals surface area contributed by atoms with Crippen molar-refractivity contribution in [3.8, 4) is 0 Å². The van der Waals surface area contributed by atoms with Gasteiger partial charge in [0, 0.05) is 23.7 Å². The van der Waals surface area contributed by atoms with E-state index in [1.165, 1.54) is 37.0 Å². The fraction of sp³-hybridized carbons (Fsp3) is 0.714. The van der Waals surface area contributed by atoms with Gasteiger partial charge < -0.3 is 10.6 Å². The Labute approximate surface area is 119 Å². The van der Waals surface area contributed by atoms with E-state index >= 15 is 0 Å². The lowest BCUT2D eigenvalue weighted by Gasteiger charge is -2.24. The van der Waals surface area contributed by atoms with Crippen LogP contribution in [-0.4, -0.2) is 23.5 Å². The number of guanidine groups is 1. The van der Waals surface area contributed by atoms with Crippen LogP contribution in [0.2, 0.25) is 0 Å². The standard InChI is InChI=1S/C14H24N4S/c1-3-15-14(18-12-7-5-4-6-8-12)17-10-13-9-16-11(2)19-13/h9,12H,3-8,10H2,1-2H3,(H2,15,17,18). The molecule has 1 saturated carbocycles. The van der Waals surface area contributed by atoms with Crippen LogP contribution in [0.5, 0.6) is 0 Å². The summed E-state index contributed by atoms with van der Waals surface area (Å²) < 4.78 is 0. The fourth-order valence-corrected chi connectivity index (χ4v) is 3.12. The van der Waals surface area contributed by atoms with Gasteiger partial charge in [0.1, 0.15) is 0 Å². The number of aliphatic imine (C=N–C) groups is 1. The molecule has 0 amide bonds. The normalized spacial score (nSPS) is 17.5. The Morgan fingerprint density at radius 1 is 1.42 bits per heavy atom. The first-order chi connectivity index (χ1) is 9.28. The molecule has 4 nitrogen and oxygen atoms in total. The third-order valence-electron chi connectivity index (χ3n) is 3.35. The van der Waals surface area contributed by atoms with Crippen molar-refractivity contribution in [2.24, 2.45) is 4.99 Å². The van der Waals surface area contributed by atoms with Gasteiger partial charge in [0.15, 0.2) is 5.96 Å². The summed E-state index contributed by atoms with van der Waals surface area (Å²) in [4.78, 5) is 10.1. The Morgan fingerprint density at radius 3 is 2.84 bits per heavy atom. The molecule has 2 N–H and O–H groups in total. The summed E-state index contributed by atoms with van der Waals surface area (Å²) >= 11 is 1.72. The molecule has 1 aliphatic carbocycles. The number of hydrogen-bond donors (Lipinski definition) is 2. The smallest absolute Gasteiger partial charge is 0.191 e. The van der Waals surface area contributed by atoms with Gasteiger partial charge in [-0.3, -0.25) is 0 Å². The second-order valence-electron chi connectivity index (χ2n) is 5.02. The Bertz CT molecular complexity index is 407. The maximum atomic E-state index is 4.66. The van der Waals surface area contributed by atoms with Crippen LogP contribution < -0.4 is 10.6 Å². The zero-order valence-electron chi connectivity index (χ0n) is 11.9. The van der Waals surface area contributed by atoms with E-state index in [1.807, 2.05) is 13.1 Å². The summed E-state index contributed by atoms with van der Waals surface area (Å²) in [6.07, 6.45) is 8.52. The van der Waals surface area contributed by atoms with Gasteiger partial charge in [0.25, 0.3) is 0 Å². The first-order valence-electron chi connectivity index (χ1n) is 7.24. The van der Waals surface area contributed by atoms with Gasteiger partial charge >= 0.3 is 0 Å². The van der Waals surface area contributed by atoms with Crippen LogP contribution in [-0.2, 0) is 6.54 Å². The topological polar surface area (TPSA) is 49.3 Å². The van der Waals surface area contributed by atoms with Crippen LogP contribution in [0.1, 0.15) is 48.9 Å². The highest BCUT2D eigenvalue weighted by Crippen LogP contribution is 2.17. The van der Waals surface area contributed by atoms with E-state index in [9.17, 15) is 0 Å². The van der Waals surface area contributed by atoms with Crippen molar-refractivity contribution >= 4 is 17.3 Å². The summed E-state index contributed by atoms with van der Waals surface area (Å²) in [7, 11) is 0. The third-order valence-corrected chi connectivity index (χ3v) is 4.25. The van der Waals surface area contributed by atoms with Crippen LogP contribution >= 0.6 is 11.3 Å². The molecule has 1 aromatic heterocycles. The predicted molar refractivity (Wildman–Crippen MR) is 81.7 cm³/mol. The Morgan fingerprint density at radius 2 is 2.21 bits per heavy atom. The molecule has 1 aromatic rings. The minimum atomic E-state index is 0.592. The van der Waals surface area contributed by atoms with Gasteiger partial charge in [-0.15, -0.1) is 11.3 Å². The molecule has 1 aliphatic rings. The maximum absolute atomic E-state index is 4.66. The summed E-state index contributed by atoms with van der Waals surface area (Å²) in [5.74, 6) is 0.945. The lowest BCUT2D eigenvalue weighted by molar-refractivity contribution is 0.410. The molecule has 0 aliphatic heterocycles. The zero-order valence-corrected chi connectivity index (χ0v) is 12.7. The molecule has 0 unspecified atom stereocenters. The summed E-state index contributed by atoms with van der Waals surface area (Å²) in [5, 5.41) is 7.99. The van der Waals surface area contributed by atoms with Crippen molar-refractivity contribution in [3.63, 3.8) is 0 Å². The lowest BCUT2D eigenvalue weighted by Crippen LogP contribution is -2.44. The molecule has 0 radical (unpaired) electrons. The number of nitrogens with one attached hydrogen (secondary N) is 2. The average molecular weight is 280 g/mol. The second-order valence-corrected chi connectivity index (χ2v) is 6.34. The van der Waals surface area contributed by atoms with E-state index in [4.69, 9.17) is 0 Å². The molecular weight excluding hydrogens is 256 g/mol. The van der Waals surface area contributed by atoms with Crippen molar-refractivity contribution in [2.75, 3.05) is 6.54 Å². The minimum Gasteiger partial charge on any atom is -0.357 e. The monoisotopic (exact) mass is 280 g/mol. The SMILES string of the molecule is CCNC(=NCc1cnc(C)s1)NC1CCCCC1. The summed E-state index contributed by atoms with van der Waals surface area (Å²) in [6.45, 7) is 5.76. The largest absolute Gasteiger partial charge is 0.357 e. The van der Waals surface area contributed by atoms with Crippen molar-refractivity contribution in [3.05, 3.63) is 16.1 Å². The minimum absolute atomic E-state index is 0.592. The first-order valence-corrected chi connectivity index (χ1v) is 8.05. The number of rotatable bonds is 4. The van der Waals surface area contributed by atoms with Crippen molar-refractivity contribution in [1.82, 2.24) is 15.6 Å². The Balaban J connectivity index is 1.90. The molecule has 2 rings (SSSR count). The van der Waals surface area contributed by atoms with E-state index in [-0.39, 0.29) is 0 Å². The molecule has 1 heterocycles. The molecule has 19 heavy (non-hydrogen) atoms. The number of hydrogen-bond acceptors (Lipinski definition) is 3. The number of aryl methyl sites for hydroxylation is 1. The molecule has 0 spiro atoms. The molecule has 106 valence electrons. The zero-order chi connectivity index (χ0) is 13.5. The molecule has 1 fully saturated rings. The van der Waals surface area contributed by atoms with Crippen molar-refractivity contribution in [1.29, 1.82) is 0 Å². The lowest BCUT2D eigenvalue weighted by atomic mass is 9.96. The maximum Gasteiger partial charge on any atom is 0.191 e. The fourth-order valence-electron chi connectivity index (χ4n) is 2.40. The van der Waals surface area contributed by atoms with Crippen LogP contribution in [0.4, 0.5) is 0 Å². The number of nitrogens with zero attached hydrogens (tertiary/aromatic N) is 2. The van der Waals surface area contributed by atoms with Gasteiger partial charge in [0.05, 0.1) is 11.6 Å². The second kappa shape index (κ2) is 7.48. The number of aromatic nitrogens is 1.